The third-order valence-electron chi connectivity index (χ3n) is 6.23. The van der Waals surface area contributed by atoms with E-state index in [2.05, 4.69) is 10.3 Å². The lowest BCUT2D eigenvalue weighted by molar-refractivity contribution is 0.00195. The molecular formula is C26H28N4O4S. The standard InChI is InChI=1S/C26H28N4O4S/c1-4-10-28-26(32)30-16(2)13-17-14-18(7-8-20(17)30)34-21-9-11-27-19-15-22(35-24(19)21)25(31)29-12-5-6-23(29)33-3/h7-9,11,13-15,23H,4-6,10,12H2,1-3H3,(H,28,32). The Balaban J connectivity index is 1.43. The average Bonchev–Trinajstić information content (AvgIpc) is 3.58. The fourth-order valence-electron chi connectivity index (χ4n) is 4.56. The van der Waals surface area contributed by atoms with Crippen LogP contribution in [0.2, 0.25) is 0 Å². The van der Waals surface area contributed by atoms with Crippen molar-refractivity contribution in [3.05, 3.63) is 53.2 Å². The molecule has 4 aromatic rings. The van der Waals surface area contributed by atoms with Gasteiger partial charge in [0, 0.05) is 43.5 Å². The number of likely N-dealkylation sites (tertiary alicyclic amines) is 1. The molecule has 2 amide bonds. The van der Waals surface area contributed by atoms with Crippen molar-refractivity contribution in [3.8, 4) is 11.5 Å². The number of pyridine rings is 1. The Morgan fingerprint density at radius 3 is 2.89 bits per heavy atom. The lowest BCUT2D eigenvalue weighted by Crippen LogP contribution is -2.36. The Morgan fingerprint density at radius 1 is 1.23 bits per heavy atom. The number of rotatable bonds is 6. The van der Waals surface area contributed by atoms with E-state index in [1.807, 2.05) is 44.2 Å². The molecule has 1 fully saturated rings. The zero-order valence-electron chi connectivity index (χ0n) is 20.0. The molecule has 0 radical (unpaired) electrons. The molecule has 1 aromatic carbocycles. The van der Waals surface area contributed by atoms with Crippen molar-refractivity contribution in [2.45, 2.75) is 39.3 Å². The summed E-state index contributed by atoms with van der Waals surface area (Å²) >= 11 is 1.38. The van der Waals surface area contributed by atoms with Crippen LogP contribution in [0.5, 0.6) is 11.5 Å². The fraction of sp³-hybridized carbons (Fsp3) is 0.346. The molecule has 9 heteroatoms. The van der Waals surface area contributed by atoms with Crippen LogP contribution in [0.1, 0.15) is 41.6 Å². The van der Waals surface area contributed by atoms with Crippen LogP contribution in [-0.4, -0.2) is 52.8 Å². The van der Waals surface area contributed by atoms with E-state index in [1.54, 1.807) is 28.8 Å². The van der Waals surface area contributed by atoms with Crippen LogP contribution in [0.4, 0.5) is 4.79 Å². The van der Waals surface area contributed by atoms with Gasteiger partial charge in [-0.3, -0.25) is 14.3 Å². The van der Waals surface area contributed by atoms with Gasteiger partial charge in [0.2, 0.25) is 0 Å². The number of carbonyl (C=O) groups excluding carboxylic acids is 2. The summed E-state index contributed by atoms with van der Waals surface area (Å²) in [5.41, 5.74) is 2.40. The van der Waals surface area contributed by atoms with Crippen molar-refractivity contribution in [2.75, 3.05) is 20.2 Å². The largest absolute Gasteiger partial charge is 0.456 e. The van der Waals surface area contributed by atoms with Crippen LogP contribution in [0, 0.1) is 6.92 Å². The predicted molar refractivity (Wildman–Crippen MR) is 137 cm³/mol. The molecule has 8 nitrogen and oxygen atoms in total. The highest BCUT2D eigenvalue weighted by atomic mass is 32.1. The summed E-state index contributed by atoms with van der Waals surface area (Å²) in [6, 6.07) is 11.1. The lowest BCUT2D eigenvalue weighted by atomic mass is 10.2. The Morgan fingerprint density at radius 2 is 2.09 bits per heavy atom. The van der Waals surface area contributed by atoms with Crippen molar-refractivity contribution in [2.24, 2.45) is 0 Å². The molecule has 182 valence electrons. The number of hydrogen-bond donors (Lipinski definition) is 1. The minimum atomic E-state index is -0.178. The number of ether oxygens (including phenoxy) is 2. The monoisotopic (exact) mass is 492 g/mol. The normalized spacial score (nSPS) is 15.7. The highest BCUT2D eigenvalue weighted by Crippen LogP contribution is 2.37. The first-order valence-corrected chi connectivity index (χ1v) is 12.6. The predicted octanol–water partition coefficient (Wildman–Crippen LogP) is 5.53. The zero-order valence-corrected chi connectivity index (χ0v) is 20.9. The van der Waals surface area contributed by atoms with Gasteiger partial charge in [-0.15, -0.1) is 11.3 Å². The molecule has 0 saturated carbocycles. The molecule has 1 aliphatic heterocycles. The van der Waals surface area contributed by atoms with Crippen LogP contribution < -0.4 is 10.1 Å². The van der Waals surface area contributed by atoms with Gasteiger partial charge in [-0.25, -0.2) is 4.79 Å². The smallest absolute Gasteiger partial charge is 0.326 e. The number of aromatic nitrogens is 2. The van der Waals surface area contributed by atoms with Crippen molar-refractivity contribution >= 4 is 44.4 Å². The first-order chi connectivity index (χ1) is 17.0. The zero-order chi connectivity index (χ0) is 24.5. The van der Waals surface area contributed by atoms with E-state index in [0.717, 1.165) is 46.1 Å². The molecule has 5 rings (SSSR count). The van der Waals surface area contributed by atoms with E-state index < -0.39 is 0 Å². The summed E-state index contributed by atoms with van der Waals surface area (Å²) in [5.74, 6) is 1.25. The average molecular weight is 493 g/mol. The van der Waals surface area contributed by atoms with Crippen LogP contribution in [0.3, 0.4) is 0 Å². The molecule has 1 atom stereocenters. The lowest BCUT2D eigenvalue weighted by Gasteiger charge is -2.22. The number of methoxy groups -OCH3 is 1. The van der Waals surface area contributed by atoms with E-state index in [1.165, 1.54) is 11.3 Å². The van der Waals surface area contributed by atoms with Crippen LogP contribution in [0.15, 0.2) is 42.6 Å². The first-order valence-electron chi connectivity index (χ1n) is 11.8. The summed E-state index contributed by atoms with van der Waals surface area (Å²) in [4.78, 5) is 32.5. The maximum absolute atomic E-state index is 13.1. The topological polar surface area (TPSA) is 85.7 Å². The van der Waals surface area contributed by atoms with Crippen LogP contribution >= 0.6 is 11.3 Å². The molecule has 0 bridgehead atoms. The maximum atomic E-state index is 13.1. The first kappa shape index (κ1) is 23.3. The second-order valence-electron chi connectivity index (χ2n) is 8.64. The molecular weight excluding hydrogens is 464 g/mol. The second kappa shape index (κ2) is 9.67. The van der Waals surface area contributed by atoms with Gasteiger partial charge in [-0.1, -0.05) is 6.92 Å². The van der Waals surface area contributed by atoms with Gasteiger partial charge in [-0.2, -0.15) is 0 Å². The third-order valence-corrected chi connectivity index (χ3v) is 7.36. The fourth-order valence-corrected chi connectivity index (χ4v) is 5.58. The molecule has 0 aliphatic carbocycles. The Hall–Kier alpha value is -3.43. The molecule has 1 N–H and O–H groups in total. The Bertz CT molecular complexity index is 1410. The van der Waals surface area contributed by atoms with Crippen molar-refractivity contribution in [1.29, 1.82) is 0 Å². The molecule has 4 heterocycles. The highest BCUT2D eigenvalue weighted by Gasteiger charge is 2.30. The van der Waals surface area contributed by atoms with Gasteiger partial charge >= 0.3 is 6.03 Å². The summed E-state index contributed by atoms with van der Waals surface area (Å²) in [5, 5.41) is 3.84. The molecule has 1 unspecified atom stereocenters. The van der Waals surface area contributed by atoms with Gasteiger partial charge in [0.25, 0.3) is 5.91 Å². The second-order valence-corrected chi connectivity index (χ2v) is 9.69. The summed E-state index contributed by atoms with van der Waals surface area (Å²) in [6.45, 7) is 5.26. The minimum Gasteiger partial charge on any atom is -0.456 e. The maximum Gasteiger partial charge on any atom is 0.326 e. The summed E-state index contributed by atoms with van der Waals surface area (Å²) in [6.07, 6.45) is 4.17. The number of amides is 2. The van der Waals surface area contributed by atoms with Crippen molar-refractivity contribution in [1.82, 2.24) is 19.8 Å². The highest BCUT2D eigenvalue weighted by molar-refractivity contribution is 7.21. The van der Waals surface area contributed by atoms with E-state index in [0.29, 0.717) is 29.5 Å². The van der Waals surface area contributed by atoms with Crippen LogP contribution in [0.25, 0.3) is 21.1 Å². The van der Waals surface area contributed by atoms with Gasteiger partial charge in [-0.05, 0) is 56.5 Å². The van der Waals surface area contributed by atoms with E-state index >= 15 is 0 Å². The van der Waals surface area contributed by atoms with E-state index in [-0.39, 0.29) is 18.2 Å². The van der Waals surface area contributed by atoms with Gasteiger partial charge < -0.3 is 19.7 Å². The third kappa shape index (κ3) is 4.37. The number of benzene rings is 1. The molecule has 3 aromatic heterocycles. The SMILES string of the molecule is CCCNC(=O)n1c(C)cc2cc(Oc3ccnc4cc(C(=O)N5CCCC5OC)sc34)ccc21. The quantitative estimate of drug-likeness (QED) is 0.383. The van der Waals surface area contributed by atoms with Crippen LogP contribution in [-0.2, 0) is 4.74 Å². The Labute approximate surface area is 207 Å². The molecule has 1 aliphatic rings. The Kier molecular flexibility index (Phi) is 6.44. The van der Waals surface area contributed by atoms with Gasteiger partial charge in [0.15, 0.2) is 0 Å². The number of nitrogens with one attached hydrogen (secondary N) is 1. The number of fused-ring (bicyclic) bond motifs is 2. The van der Waals surface area contributed by atoms with E-state index in [4.69, 9.17) is 9.47 Å². The number of nitrogens with zero attached hydrogens (tertiary/aromatic N) is 3. The van der Waals surface area contributed by atoms with E-state index in [9.17, 15) is 9.59 Å². The number of hydrogen-bond acceptors (Lipinski definition) is 6. The molecule has 0 spiro atoms. The number of thiophene rings is 1. The summed E-state index contributed by atoms with van der Waals surface area (Å²) < 4.78 is 14.2. The van der Waals surface area contributed by atoms with Crippen molar-refractivity contribution in [3.63, 3.8) is 0 Å². The van der Waals surface area contributed by atoms with Gasteiger partial charge in [0.05, 0.1) is 20.6 Å². The number of aryl methyl sites for hydroxylation is 1. The summed E-state index contributed by atoms with van der Waals surface area (Å²) in [7, 11) is 1.64. The number of carbonyl (C=O) groups is 2. The van der Waals surface area contributed by atoms with Gasteiger partial charge in [0.1, 0.15) is 17.7 Å². The molecule has 35 heavy (non-hydrogen) atoms. The van der Waals surface area contributed by atoms with Crippen molar-refractivity contribution < 1.29 is 19.1 Å². The molecule has 1 saturated heterocycles. The minimum absolute atomic E-state index is 0.0390.